The van der Waals surface area contributed by atoms with Crippen LogP contribution in [0, 0.1) is 0 Å². The van der Waals surface area contributed by atoms with E-state index < -0.39 is 13.5 Å². The fraction of sp³-hybridized carbons (Fsp3) is 0.530. The highest BCUT2D eigenvalue weighted by molar-refractivity contribution is 5.46. The molecule has 9 aromatic rings. The fourth-order valence-corrected chi connectivity index (χ4v) is 13.2. The smallest absolute Gasteiger partial charge is 0.228 e. The maximum atomic E-state index is 12.0. The van der Waals surface area contributed by atoms with E-state index in [0.29, 0.717) is 111 Å². The van der Waals surface area contributed by atoms with Crippen LogP contribution in [-0.2, 0) is 32.2 Å². The van der Waals surface area contributed by atoms with Gasteiger partial charge in [-0.3, -0.25) is 0 Å². The Morgan fingerprint density at radius 3 is 0.791 bits per heavy atom. The summed E-state index contributed by atoms with van der Waals surface area (Å²) in [7, 11) is 22.4. The topological polar surface area (TPSA) is 208 Å². The maximum Gasteiger partial charge on any atom is 0.228 e. The zero-order chi connectivity index (χ0) is 103. The summed E-state index contributed by atoms with van der Waals surface area (Å²) < 4.78 is 130. The van der Waals surface area contributed by atoms with Crippen LogP contribution in [0.5, 0.6) is 92.0 Å². The van der Waals surface area contributed by atoms with Gasteiger partial charge in [-0.05, 0) is 244 Å². The molecule has 0 amide bonds. The second kappa shape index (κ2) is 69.3. The monoisotopic (exact) mass is 1940 g/mol. The molecular formula is C115H171F2NO21. The van der Waals surface area contributed by atoms with Crippen molar-refractivity contribution in [1.29, 1.82) is 0 Å². The number of methoxy groups -OCH3 is 11. The second-order valence-corrected chi connectivity index (χ2v) is 36.5. The lowest BCUT2D eigenvalue weighted by atomic mass is 10.0. The van der Waals surface area contributed by atoms with Crippen LogP contribution in [0.4, 0.5) is 8.78 Å². The lowest BCUT2D eigenvalue weighted by molar-refractivity contribution is 0.106. The standard InChI is InChI=1S/C14H23NO2.2C14H20O3.C13H19FO2.C13H20O3.C13H20O2.C12H18O2.C11H15FO2.C11H16O2/c1-11(2)12-8-13(16-5)10-14(9-12)17-7-6-15(3)4;2*1-10(2)11-6-13(15-3)8-14(7-11)17-12-4-5-16-9-12;1-10(2)12-6-11(9-16-5-4-14)7-13(8-12)15-3;1-10(2)11-7-12(15-3)9-13(8-11)16-6-4-5-14;1-5-6-15-13-8-11(10(2)3)7-12(9-13)14-4;1-9(2)11-5-10(8-13-3)6-12(7-11)14-4;1-8(2)9-4-10(13-3)6-11(5-9)14-7-12;1-8(2)9-5-10(12-3)7-11(6-9)13-4/h8-11H,6-7H2,1-5H3;2*6-8,10,12H,4-5,9H2,1-3H3;6-8,10H,4-5,9H2,1-3H3;7-10,14H,4-6H2,1-3H3;7-10H,5-6H2,1-4H3;5-7,9H,8H2,1-4H3;4-6,8H,7H2,1-3H3;5-8H,1-4H3/t;2*12-;;;;;;/m.10....../s1. The van der Waals surface area contributed by atoms with E-state index in [-0.39, 0.29) is 25.4 Å². The van der Waals surface area contributed by atoms with Crippen LogP contribution in [0.15, 0.2) is 164 Å². The van der Waals surface area contributed by atoms with Crippen molar-refractivity contribution in [3.63, 3.8) is 0 Å². The largest absolute Gasteiger partial charge is 0.497 e. The van der Waals surface area contributed by atoms with Gasteiger partial charge in [0.25, 0.3) is 0 Å². The van der Waals surface area contributed by atoms with Crippen molar-refractivity contribution in [1.82, 2.24) is 4.90 Å². The van der Waals surface area contributed by atoms with E-state index in [1.165, 1.54) is 44.5 Å². The summed E-state index contributed by atoms with van der Waals surface area (Å²) >= 11 is 0. The Morgan fingerprint density at radius 1 is 0.302 bits per heavy atom. The molecule has 22 nitrogen and oxygen atoms in total. The van der Waals surface area contributed by atoms with Crippen LogP contribution in [0.3, 0.4) is 0 Å². The fourth-order valence-electron chi connectivity index (χ4n) is 13.2. The van der Waals surface area contributed by atoms with Gasteiger partial charge in [0, 0.05) is 82.0 Å². The molecule has 0 aliphatic carbocycles. The molecule has 24 heteroatoms. The summed E-state index contributed by atoms with van der Waals surface area (Å²) in [6.45, 7) is 46.7. The lowest BCUT2D eigenvalue weighted by Gasteiger charge is -2.15. The van der Waals surface area contributed by atoms with Gasteiger partial charge in [0.05, 0.1) is 131 Å². The SMILES string of the molecule is CCCOc1cc(OC)cc(C(C)C)c1.COCc1cc(OC)cc(C(C)C)c1.COc1cc(COCCF)cc(C(C)C)c1.COc1cc(OC)cc(C(C)C)c1.COc1cc(OCCCO)cc(C(C)C)c1.COc1cc(OCCN(C)C)cc(C(C)C)c1.COc1cc(OCF)cc(C(C)C)c1.COc1cc(O[C@@H]2CCOC2)cc(C(C)C)c1.COc1cc(O[C@H]2CCOC2)cc(C(C)C)c1. The number of nitrogens with zero attached hydrogens (tertiary/aromatic N) is 1. The number of benzene rings is 9. The Hall–Kier alpha value is -10.6. The molecule has 139 heavy (non-hydrogen) atoms. The number of aliphatic hydroxyl groups excluding tert-OH is 1. The maximum absolute atomic E-state index is 12.0. The summed E-state index contributed by atoms with van der Waals surface area (Å²) in [6.07, 6.45) is 3.97. The molecule has 2 heterocycles. The van der Waals surface area contributed by atoms with Crippen molar-refractivity contribution >= 4 is 0 Å². The number of ether oxygens (including phenoxy) is 20. The normalized spacial score (nSPS) is 12.8. The summed E-state index contributed by atoms with van der Waals surface area (Å²) in [6, 6.07) is 53.9. The molecular weight excluding hydrogens is 1770 g/mol. The zero-order valence-corrected chi connectivity index (χ0v) is 90.0. The molecule has 1 N–H and O–H groups in total. The second-order valence-electron chi connectivity index (χ2n) is 36.5. The van der Waals surface area contributed by atoms with E-state index in [0.717, 1.165) is 143 Å². The lowest BCUT2D eigenvalue weighted by Crippen LogP contribution is -2.19. The van der Waals surface area contributed by atoms with Crippen molar-refractivity contribution < 1.29 is 109 Å². The van der Waals surface area contributed by atoms with E-state index in [4.69, 9.17) is 99.8 Å². The predicted octanol–water partition coefficient (Wildman–Crippen LogP) is 27.1. The molecule has 2 atom stereocenters. The average molecular weight is 1940 g/mol. The molecule has 2 aliphatic heterocycles. The first-order chi connectivity index (χ1) is 66.4. The van der Waals surface area contributed by atoms with Gasteiger partial charge in [-0.1, -0.05) is 144 Å². The number of alkyl halides is 2. The minimum Gasteiger partial charge on any atom is -0.497 e. The van der Waals surface area contributed by atoms with Crippen molar-refractivity contribution in [2.75, 3.05) is 172 Å². The molecule has 776 valence electrons. The van der Waals surface area contributed by atoms with E-state index >= 15 is 0 Å². The Kier molecular flexibility index (Phi) is 61.1. The summed E-state index contributed by atoms with van der Waals surface area (Å²) in [5, 5.41) is 8.68. The molecule has 0 bridgehead atoms. The number of aliphatic hydroxyl groups is 1. The number of rotatable bonds is 42. The van der Waals surface area contributed by atoms with Gasteiger partial charge < -0.3 is 105 Å². The Labute approximate surface area is 833 Å². The van der Waals surface area contributed by atoms with E-state index in [1.54, 1.807) is 84.3 Å². The highest BCUT2D eigenvalue weighted by Crippen LogP contribution is 2.36. The summed E-state index contributed by atoms with van der Waals surface area (Å²) in [4.78, 5) is 2.10. The van der Waals surface area contributed by atoms with Gasteiger partial charge in [-0.15, -0.1) is 0 Å². The molecule has 0 aromatic heterocycles. The van der Waals surface area contributed by atoms with Crippen molar-refractivity contribution in [3.8, 4) is 92.0 Å². The molecule has 0 radical (unpaired) electrons. The number of likely N-dealkylation sites (N-methyl/N-ethyl adjacent to an activating group) is 1. The van der Waals surface area contributed by atoms with E-state index in [1.807, 2.05) is 105 Å². The van der Waals surface area contributed by atoms with Crippen LogP contribution in [0.2, 0.25) is 0 Å². The quantitative estimate of drug-likeness (QED) is 0.0353. The number of hydrogen-bond donors (Lipinski definition) is 1. The summed E-state index contributed by atoms with van der Waals surface area (Å²) in [5.41, 5.74) is 13.1. The molecule has 2 aliphatic rings. The molecule has 11 rings (SSSR count). The van der Waals surface area contributed by atoms with Crippen molar-refractivity contribution in [2.45, 2.75) is 236 Å². The zero-order valence-electron chi connectivity index (χ0n) is 90.0. The first-order valence-corrected chi connectivity index (χ1v) is 48.6. The predicted molar refractivity (Wildman–Crippen MR) is 560 cm³/mol. The van der Waals surface area contributed by atoms with Crippen molar-refractivity contribution in [3.05, 3.63) is 225 Å². The van der Waals surface area contributed by atoms with Crippen LogP contribution in [0.1, 0.15) is 272 Å². The van der Waals surface area contributed by atoms with Crippen LogP contribution >= 0.6 is 0 Å². The first-order valence-electron chi connectivity index (χ1n) is 48.6. The first kappa shape index (κ1) is 123. The average Bonchev–Trinajstić information content (AvgIpc) is 1.84. The van der Waals surface area contributed by atoms with Gasteiger partial charge in [-0.2, -0.15) is 0 Å². The van der Waals surface area contributed by atoms with Crippen LogP contribution < -0.4 is 75.8 Å². The highest BCUT2D eigenvalue weighted by atomic mass is 19.1. The Bertz CT molecular complexity index is 4570. The van der Waals surface area contributed by atoms with Gasteiger partial charge in [0.15, 0.2) is 0 Å². The third-order valence-corrected chi connectivity index (χ3v) is 21.9. The summed E-state index contributed by atoms with van der Waals surface area (Å²) in [5.74, 6) is 17.4. The number of hydrogen-bond acceptors (Lipinski definition) is 22. The third kappa shape index (κ3) is 49.4. The van der Waals surface area contributed by atoms with Crippen LogP contribution in [0.25, 0.3) is 0 Å². The third-order valence-electron chi connectivity index (χ3n) is 21.9. The Balaban J connectivity index is 0.000000403. The van der Waals surface area contributed by atoms with Gasteiger partial charge in [0.2, 0.25) is 6.86 Å². The van der Waals surface area contributed by atoms with Crippen LogP contribution in [-0.4, -0.2) is 194 Å². The van der Waals surface area contributed by atoms with Gasteiger partial charge >= 0.3 is 0 Å². The molecule has 0 unspecified atom stereocenters. The minimum atomic E-state index is -0.815. The minimum absolute atomic E-state index is 0.147. The molecule has 0 saturated carbocycles. The van der Waals surface area contributed by atoms with E-state index in [2.05, 4.69) is 203 Å². The van der Waals surface area contributed by atoms with E-state index in [9.17, 15) is 8.78 Å². The molecule has 2 saturated heterocycles. The van der Waals surface area contributed by atoms with Crippen molar-refractivity contribution in [2.24, 2.45) is 0 Å². The number of halogens is 2. The van der Waals surface area contributed by atoms with Gasteiger partial charge in [0.1, 0.15) is 117 Å². The molecule has 9 aromatic carbocycles. The highest BCUT2D eigenvalue weighted by Gasteiger charge is 2.21. The Morgan fingerprint density at radius 2 is 0.547 bits per heavy atom. The molecule has 2 fully saturated rings. The van der Waals surface area contributed by atoms with Gasteiger partial charge in [-0.25, -0.2) is 8.78 Å². The molecule has 0 spiro atoms.